The third-order valence-corrected chi connectivity index (χ3v) is 5.87. The van der Waals surface area contributed by atoms with Crippen LogP contribution in [0.5, 0.6) is 11.6 Å². The Bertz CT molecular complexity index is 874. The SMILES string of the molecule is CCCSc1ccc(Nc2ncnc(OC3CCN(C(=O)O)CC3)c2OC)c(C)n1. The summed E-state index contributed by atoms with van der Waals surface area (Å²) in [4.78, 5) is 25.6. The number of ether oxygens (including phenoxy) is 2. The van der Waals surface area contributed by atoms with Crippen molar-refractivity contribution < 1.29 is 19.4 Å². The second-order valence-corrected chi connectivity index (χ2v) is 8.02. The Balaban J connectivity index is 1.72. The number of likely N-dealkylation sites (tertiary alicyclic amines) is 1. The number of hydrogen-bond acceptors (Lipinski definition) is 8. The molecule has 30 heavy (non-hydrogen) atoms. The minimum atomic E-state index is -0.900. The Morgan fingerprint density at radius 1 is 1.33 bits per heavy atom. The molecule has 2 aromatic heterocycles. The van der Waals surface area contributed by atoms with Crippen LogP contribution in [-0.2, 0) is 0 Å². The number of rotatable bonds is 8. The molecule has 3 heterocycles. The standard InChI is InChI=1S/C20H27N5O4S/c1-4-11-30-16-6-5-15(13(2)23-16)24-18-17(28-3)19(22-12-21-18)29-14-7-9-25(10-8-14)20(26)27/h5-6,12,14H,4,7-11H2,1-3H3,(H,26,27)(H,21,22,24). The van der Waals surface area contributed by atoms with Crippen molar-refractivity contribution in [3.63, 3.8) is 0 Å². The number of nitrogens with one attached hydrogen (secondary N) is 1. The summed E-state index contributed by atoms with van der Waals surface area (Å²) in [6.07, 6.45) is 2.69. The van der Waals surface area contributed by atoms with Crippen molar-refractivity contribution in [2.75, 3.05) is 31.3 Å². The molecule has 1 aliphatic heterocycles. The van der Waals surface area contributed by atoms with Crippen molar-refractivity contribution in [2.45, 2.75) is 44.2 Å². The molecule has 0 radical (unpaired) electrons. The fourth-order valence-electron chi connectivity index (χ4n) is 3.12. The lowest BCUT2D eigenvalue weighted by Crippen LogP contribution is -2.41. The van der Waals surface area contributed by atoms with E-state index in [0.29, 0.717) is 43.4 Å². The van der Waals surface area contributed by atoms with Gasteiger partial charge < -0.3 is 24.8 Å². The molecule has 0 unspecified atom stereocenters. The number of methoxy groups -OCH3 is 1. The van der Waals surface area contributed by atoms with E-state index in [4.69, 9.17) is 14.6 Å². The predicted molar refractivity (Wildman–Crippen MR) is 115 cm³/mol. The van der Waals surface area contributed by atoms with E-state index < -0.39 is 6.09 Å². The normalized spacial score (nSPS) is 14.4. The fourth-order valence-corrected chi connectivity index (χ4v) is 3.90. The third-order valence-electron chi connectivity index (χ3n) is 4.73. The summed E-state index contributed by atoms with van der Waals surface area (Å²) in [7, 11) is 1.54. The molecule has 0 spiro atoms. The van der Waals surface area contributed by atoms with Crippen LogP contribution in [0.2, 0.25) is 0 Å². The molecule has 3 rings (SSSR count). The Hall–Kier alpha value is -2.75. The van der Waals surface area contributed by atoms with E-state index in [1.54, 1.807) is 18.9 Å². The molecule has 9 nitrogen and oxygen atoms in total. The fraction of sp³-hybridized carbons (Fsp3) is 0.500. The molecule has 0 atom stereocenters. The van der Waals surface area contributed by atoms with Gasteiger partial charge in [-0.25, -0.2) is 14.8 Å². The van der Waals surface area contributed by atoms with Crippen LogP contribution in [-0.4, -0.2) is 63.1 Å². The molecule has 162 valence electrons. The van der Waals surface area contributed by atoms with E-state index in [1.807, 2.05) is 19.1 Å². The lowest BCUT2D eigenvalue weighted by Gasteiger charge is -2.30. The molecular formula is C20H27N5O4S. The van der Waals surface area contributed by atoms with Gasteiger partial charge in [-0.15, -0.1) is 11.8 Å². The van der Waals surface area contributed by atoms with Gasteiger partial charge in [0.2, 0.25) is 5.75 Å². The second-order valence-electron chi connectivity index (χ2n) is 6.90. The van der Waals surface area contributed by atoms with Crippen LogP contribution in [0.4, 0.5) is 16.3 Å². The highest BCUT2D eigenvalue weighted by Crippen LogP contribution is 2.35. The average molecular weight is 434 g/mol. The van der Waals surface area contributed by atoms with Crippen molar-refractivity contribution >= 4 is 29.4 Å². The minimum Gasteiger partial charge on any atom is -0.489 e. The van der Waals surface area contributed by atoms with Crippen LogP contribution in [0.15, 0.2) is 23.5 Å². The molecule has 1 saturated heterocycles. The van der Waals surface area contributed by atoms with Crippen molar-refractivity contribution in [3.8, 4) is 11.6 Å². The largest absolute Gasteiger partial charge is 0.489 e. The summed E-state index contributed by atoms with van der Waals surface area (Å²) in [5, 5.41) is 13.3. The second kappa shape index (κ2) is 10.3. The van der Waals surface area contributed by atoms with Gasteiger partial charge in [0, 0.05) is 25.9 Å². The predicted octanol–water partition coefficient (Wildman–Crippen LogP) is 3.96. The van der Waals surface area contributed by atoms with Crippen LogP contribution in [0, 0.1) is 6.92 Å². The summed E-state index contributed by atoms with van der Waals surface area (Å²) < 4.78 is 11.5. The molecule has 1 aliphatic rings. The van der Waals surface area contributed by atoms with E-state index >= 15 is 0 Å². The highest BCUT2D eigenvalue weighted by molar-refractivity contribution is 7.99. The number of carbonyl (C=O) groups is 1. The summed E-state index contributed by atoms with van der Waals surface area (Å²) >= 11 is 1.73. The third kappa shape index (κ3) is 5.44. The number of aryl methyl sites for hydroxylation is 1. The number of piperidine rings is 1. The van der Waals surface area contributed by atoms with Crippen molar-refractivity contribution in [2.24, 2.45) is 0 Å². The van der Waals surface area contributed by atoms with Gasteiger partial charge >= 0.3 is 6.09 Å². The smallest absolute Gasteiger partial charge is 0.407 e. The Labute approximate surface area is 180 Å². The molecule has 0 aliphatic carbocycles. The van der Waals surface area contributed by atoms with Crippen molar-refractivity contribution in [3.05, 3.63) is 24.2 Å². The van der Waals surface area contributed by atoms with E-state index in [1.165, 1.54) is 11.2 Å². The van der Waals surface area contributed by atoms with Crippen LogP contribution in [0.3, 0.4) is 0 Å². The highest BCUT2D eigenvalue weighted by Gasteiger charge is 2.25. The maximum Gasteiger partial charge on any atom is 0.407 e. The number of pyridine rings is 1. The van der Waals surface area contributed by atoms with Gasteiger partial charge in [-0.2, -0.15) is 4.98 Å². The van der Waals surface area contributed by atoms with Gasteiger partial charge in [-0.3, -0.25) is 0 Å². The maximum atomic E-state index is 11.1. The zero-order valence-corrected chi connectivity index (χ0v) is 18.2. The highest BCUT2D eigenvalue weighted by atomic mass is 32.2. The van der Waals surface area contributed by atoms with Gasteiger partial charge in [0.15, 0.2) is 5.82 Å². The first-order chi connectivity index (χ1) is 14.5. The molecule has 2 aromatic rings. The van der Waals surface area contributed by atoms with Crippen LogP contribution in [0.1, 0.15) is 31.9 Å². The van der Waals surface area contributed by atoms with E-state index in [9.17, 15) is 4.79 Å². The van der Waals surface area contributed by atoms with Gasteiger partial charge in [0.1, 0.15) is 12.4 Å². The summed E-state index contributed by atoms with van der Waals surface area (Å²) in [5.41, 5.74) is 1.69. The number of carboxylic acid groups (broad SMARTS) is 1. The topological polar surface area (TPSA) is 110 Å². The van der Waals surface area contributed by atoms with Gasteiger partial charge in [-0.1, -0.05) is 6.92 Å². The zero-order valence-electron chi connectivity index (χ0n) is 17.4. The van der Waals surface area contributed by atoms with E-state index in [-0.39, 0.29) is 6.10 Å². The maximum absolute atomic E-state index is 11.1. The summed E-state index contributed by atoms with van der Waals surface area (Å²) in [6.45, 7) is 4.96. The first-order valence-electron chi connectivity index (χ1n) is 9.92. The van der Waals surface area contributed by atoms with Crippen molar-refractivity contribution in [1.29, 1.82) is 0 Å². The molecule has 1 fully saturated rings. The number of anilines is 2. The number of hydrogen-bond donors (Lipinski definition) is 2. The molecule has 1 amide bonds. The number of aromatic nitrogens is 3. The first kappa shape index (κ1) is 21.9. The van der Waals surface area contributed by atoms with Crippen molar-refractivity contribution in [1.82, 2.24) is 19.9 Å². The van der Waals surface area contributed by atoms with Gasteiger partial charge in [0.05, 0.1) is 23.5 Å². The molecule has 0 aromatic carbocycles. The average Bonchev–Trinajstić information content (AvgIpc) is 2.74. The number of thioether (sulfide) groups is 1. The Morgan fingerprint density at radius 2 is 2.10 bits per heavy atom. The monoisotopic (exact) mass is 433 g/mol. The van der Waals surface area contributed by atoms with Gasteiger partial charge in [-0.05, 0) is 31.2 Å². The number of nitrogens with zero attached hydrogens (tertiary/aromatic N) is 4. The zero-order chi connectivity index (χ0) is 21.5. The molecule has 0 bridgehead atoms. The summed E-state index contributed by atoms with van der Waals surface area (Å²) in [6, 6.07) is 3.96. The molecule has 0 saturated carbocycles. The Kier molecular flexibility index (Phi) is 7.56. The lowest BCUT2D eigenvalue weighted by atomic mass is 10.1. The molecular weight excluding hydrogens is 406 g/mol. The van der Waals surface area contributed by atoms with E-state index in [2.05, 4.69) is 27.2 Å². The van der Waals surface area contributed by atoms with Crippen LogP contribution in [0.25, 0.3) is 0 Å². The first-order valence-corrected chi connectivity index (χ1v) is 10.9. The quantitative estimate of drug-likeness (QED) is 0.598. The van der Waals surface area contributed by atoms with Crippen LogP contribution >= 0.6 is 11.8 Å². The Morgan fingerprint density at radius 3 is 2.73 bits per heavy atom. The molecule has 2 N–H and O–H groups in total. The van der Waals surface area contributed by atoms with Crippen LogP contribution < -0.4 is 14.8 Å². The lowest BCUT2D eigenvalue weighted by molar-refractivity contribution is 0.0852. The minimum absolute atomic E-state index is 0.129. The number of amides is 1. The van der Waals surface area contributed by atoms with Gasteiger partial charge in [0.25, 0.3) is 5.88 Å². The summed E-state index contributed by atoms with van der Waals surface area (Å²) in [5.74, 6) is 2.27. The molecule has 10 heteroatoms. The van der Waals surface area contributed by atoms with E-state index in [0.717, 1.165) is 28.6 Å².